The molecule has 1 saturated carbocycles. The Hall–Kier alpha value is -1.39. The fourth-order valence-electron chi connectivity index (χ4n) is 3.17. The van der Waals surface area contributed by atoms with Crippen LogP contribution in [0.25, 0.3) is 0 Å². The van der Waals surface area contributed by atoms with Crippen LogP contribution in [0.2, 0.25) is 0 Å². The molecule has 116 valence electrons. The minimum Gasteiger partial charge on any atom is -0.347 e. The standard InChI is InChI=1S/C17H27N3O/c1-20(2)12-15(14-8-4-3-5-9-14)19-16(21)17(13-18)10-6-7-11-17/h3-5,8-9,15H,6-7,10-13,18H2,1-2H3,(H,19,21). The molecule has 0 heterocycles. The van der Waals surface area contributed by atoms with Crippen LogP contribution in [-0.4, -0.2) is 38.0 Å². The minimum absolute atomic E-state index is 0.0118. The molecule has 4 heteroatoms. The van der Waals surface area contributed by atoms with Crippen molar-refractivity contribution in [1.82, 2.24) is 10.2 Å². The Morgan fingerprint density at radius 2 is 1.90 bits per heavy atom. The van der Waals surface area contributed by atoms with Gasteiger partial charge >= 0.3 is 0 Å². The van der Waals surface area contributed by atoms with E-state index in [1.807, 2.05) is 32.3 Å². The minimum atomic E-state index is -0.348. The van der Waals surface area contributed by atoms with Crippen LogP contribution in [0.5, 0.6) is 0 Å². The molecule has 21 heavy (non-hydrogen) atoms. The zero-order valence-corrected chi connectivity index (χ0v) is 13.1. The van der Waals surface area contributed by atoms with E-state index in [4.69, 9.17) is 5.73 Å². The second-order valence-corrected chi connectivity index (χ2v) is 6.39. The molecule has 0 spiro atoms. The summed E-state index contributed by atoms with van der Waals surface area (Å²) in [5, 5.41) is 3.24. The van der Waals surface area contributed by atoms with Crippen LogP contribution in [-0.2, 0) is 4.79 Å². The number of amides is 1. The molecular weight excluding hydrogens is 262 g/mol. The molecule has 1 aliphatic carbocycles. The molecule has 0 saturated heterocycles. The van der Waals surface area contributed by atoms with Gasteiger partial charge in [-0.05, 0) is 32.5 Å². The molecule has 1 amide bonds. The van der Waals surface area contributed by atoms with Crippen molar-refractivity contribution < 1.29 is 4.79 Å². The Morgan fingerprint density at radius 1 is 1.29 bits per heavy atom. The Morgan fingerprint density at radius 3 is 2.43 bits per heavy atom. The first-order valence-electron chi connectivity index (χ1n) is 7.78. The zero-order valence-electron chi connectivity index (χ0n) is 13.1. The Kier molecular flexibility index (Phi) is 5.37. The lowest BCUT2D eigenvalue weighted by Crippen LogP contribution is -2.47. The van der Waals surface area contributed by atoms with Gasteiger partial charge in [-0.25, -0.2) is 0 Å². The summed E-state index contributed by atoms with van der Waals surface area (Å²) in [6.45, 7) is 1.23. The molecule has 1 aliphatic rings. The first-order valence-corrected chi connectivity index (χ1v) is 7.78. The highest BCUT2D eigenvalue weighted by molar-refractivity contribution is 5.83. The zero-order chi connectivity index (χ0) is 15.3. The fourth-order valence-corrected chi connectivity index (χ4v) is 3.17. The van der Waals surface area contributed by atoms with Gasteiger partial charge in [0.05, 0.1) is 11.5 Å². The molecule has 1 fully saturated rings. The van der Waals surface area contributed by atoms with Crippen molar-refractivity contribution in [2.45, 2.75) is 31.7 Å². The van der Waals surface area contributed by atoms with Crippen LogP contribution in [0.3, 0.4) is 0 Å². The molecule has 1 atom stereocenters. The van der Waals surface area contributed by atoms with Crippen LogP contribution in [0, 0.1) is 5.41 Å². The van der Waals surface area contributed by atoms with Crippen molar-refractivity contribution in [1.29, 1.82) is 0 Å². The van der Waals surface area contributed by atoms with Crippen LogP contribution in [0.4, 0.5) is 0 Å². The van der Waals surface area contributed by atoms with E-state index < -0.39 is 0 Å². The number of nitrogens with zero attached hydrogens (tertiary/aromatic N) is 1. The summed E-state index contributed by atoms with van der Waals surface area (Å²) in [5.74, 6) is 0.123. The molecule has 4 nitrogen and oxygen atoms in total. The van der Waals surface area contributed by atoms with E-state index in [1.165, 1.54) is 0 Å². The first-order chi connectivity index (χ1) is 10.1. The summed E-state index contributed by atoms with van der Waals surface area (Å²) in [7, 11) is 4.05. The Bertz CT molecular complexity index is 452. The topological polar surface area (TPSA) is 58.4 Å². The fraction of sp³-hybridized carbons (Fsp3) is 0.588. The van der Waals surface area contributed by atoms with Gasteiger partial charge in [-0.3, -0.25) is 4.79 Å². The van der Waals surface area contributed by atoms with Gasteiger partial charge < -0.3 is 16.0 Å². The Labute approximate surface area is 127 Å². The van der Waals surface area contributed by atoms with Gasteiger partial charge in [0.1, 0.15) is 0 Å². The third kappa shape index (κ3) is 3.83. The van der Waals surface area contributed by atoms with E-state index in [2.05, 4.69) is 22.3 Å². The summed E-state index contributed by atoms with van der Waals surface area (Å²) in [6, 6.07) is 10.2. The molecule has 1 aromatic carbocycles. The number of nitrogens with one attached hydrogen (secondary N) is 1. The number of likely N-dealkylation sites (N-methyl/N-ethyl adjacent to an activating group) is 1. The average molecular weight is 289 g/mol. The van der Waals surface area contributed by atoms with Crippen molar-refractivity contribution in [2.24, 2.45) is 11.1 Å². The van der Waals surface area contributed by atoms with Crippen LogP contribution in [0.1, 0.15) is 37.3 Å². The normalized spacial score (nSPS) is 18.7. The van der Waals surface area contributed by atoms with Crippen LogP contribution >= 0.6 is 0 Å². The quantitative estimate of drug-likeness (QED) is 0.841. The number of carbonyl (C=O) groups excluding carboxylic acids is 1. The third-order valence-electron chi connectivity index (χ3n) is 4.49. The van der Waals surface area contributed by atoms with Gasteiger partial charge in [0.2, 0.25) is 5.91 Å². The second-order valence-electron chi connectivity index (χ2n) is 6.39. The van der Waals surface area contributed by atoms with Gasteiger partial charge in [-0.15, -0.1) is 0 Å². The van der Waals surface area contributed by atoms with E-state index in [0.29, 0.717) is 6.54 Å². The van der Waals surface area contributed by atoms with Gasteiger partial charge in [0.15, 0.2) is 0 Å². The molecule has 1 unspecified atom stereocenters. The van der Waals surface area contributed by atoms with Crippen molar-refractivity contribution in [2.75, 3.05) is 27.2 Å². The largest absolute Gasteiger partial charge is 0.347 e. The third-order valence-corrected chi connectivity index (χ3v) is 4.49. The predicted octanol–water partition coefficient (Wildman–Crippen LogP) is 1.92. The molecule has 1 aromatic rings. The lowest BCUT2D eigenvalue weighted by atomic mass is 9.85. The molecule has 0 bridgehead atoms. The summed E-state index contributed by atoms with van der Waals surface area (Å²) in [5.41, 5.74) is 6.71. The maximum atomic E-state index is 12.8. The van der Waals surface area contributed by atoms with Crippen molar-refractivity contribution >= 4 is 5.91 Å². The monoisotopic (exact) mass is 289 g/mol. The maximum absolute atomic E-state index is 12.8. The average Bonchev–Trinajstić information content (AvgIpc) is 2.97. The number of rotatable bonds is 6. The van der Waals surface area contributed by atoms with Gasteiger partial charge in [0, 0.05) is 13.1 Å². The van der Waals surface area contributed by atoms with E-state index >= 15 is 0 Å². The van der Waals surface area contributed by atoms with Crippen LogP contribution in [0.15, 0.2) is 30.3 Å². The summed E-state index contributed by atoms with van der Waals surface area (Å²) >= 11 is 0. The molecule has 0 radical (unpaired) electrons. The maximum Gasteiger partial charge on any atom is 0.228 e. The number of nitrogens with two attached hydrogens (primary N) is 1. The van der Waals surface area contributed by atoms with Crippen molar-refractivity contribution in [3.05, 3.63) is 35.9 Å². The number of hydrogen-bond donors (Lipinski definition) is 2. The Balaban J connectivity index is 2.13. The highest BCUT2D eigenvalue weighted by Gasteiger charge is 2.40. The number of carbonyl (C=O) groups is 1. The van der Waals surface area contributed by atoms with E-state index in [0.717, 1.165) is 37.8 Å². The molecule has 0 aliphatic heterocycles. The molecule has 2 rings (SSSR count). The SMILES string of the molecule is CN(C)CC(NC(=O)C1(CN)CCCC1)c1ccccc1. The van der Waals surface area contributed by atoms with E-state index in [9.17, 15) is 4.79 Å². The van der Waals surface area contributed by atoms with Gasteiger partial charge in [0.25, 0.3) is 0 Å². The predicted molar refractivity (Wildman–Crippen MR) is 85.8 cm³/mol. The number of benzene rings is 1. The summed E-state index contributed by atoms with van der Waals surface area (Å²) in [4.78, 5) is 14.9. The summed E-state index contributed by atoms with van der Waals surface area (Å²) < 4.78 is 0. The highest BCUT2D eigenvalue weighted by Crippen LogP contribution is 2.37. The highest BCUT2D eigenvalue weighted by atomic mass is 16.2. The van der Waals surface area contributed by atoms with E-state index in [-0.39, 0.29) is 17.4 Å². The number of hydrogen-bond acceptors (Lipinski definition) is 3. The summed E-state index contributed by atoms with van der Waals surface area (Å²) in [6.07, 6.45) is 4.04. The lowest BCUT2D eigenvalue weighted by molar-refractivity contribution is -0.131. The van der Waals surface area contributed by atoms with Crippen molar-refractivity contribution in [3.8, 4) is 0 Å². The second kappa shape index (κ2) is 7.05. The molecule has 3 N–H and O–H groups in total. The smallest absolute Gasteiger partial charge is 0.228 e. The lowest BCUT2D eigenvalue weighted by Gasteiger charge is -2.30. The van der Waals surface area contributed by atoms with Crippen LogP contribution < -0.4 is 11.1 Å². The molecule has 0 aromatic heterocycles. The van der Waals surface area contributed by atoms with E-state index in [1.54, 1.807) is 0 Å². The van der Waals surface area contributed by atoms with Gasteiger partial charge in [-0.1, -0.05) is 43.2 Å². The first kappa shape index (κ1) is 16.0. The molecular formula is C17H27N3O. The van der Waals surface area contributed by atoms with Gasteiger partial charge in [-0.2, -0.15) is 0 Å². The van der Waals surface area contributed by atoms with Crippen molar-refractivity contribution in [3.63, 3.8) is 0 Å².